The molecule has 176 valence electrons. The van der Waals surface area contributed by atoms with Crippen molar-refractivity contribution in [1.29, 1.82) is 0 Å². The highest BCUT2D eigenvalue weighted by Crippen LogP contribution is 2.46. The molecule has 0 heterocycles. The summed E-state index contributed by atoms with van der Waals surface area (Å²) in [6, 6.07) is 2.51. The van der Waals surface area contributed by atoms with Gasteiger partial charge in [0.15, 0.2) is 11.6 Å². The number of hydrogen-bond acceptors (Lipinski definition) is 1. The van der Waals surface area contributed by atoms with Gasteiger partial charge in [0.1, 0.15) is 11.3 Å². The minimum atomic E-state index is -4.95. The van der Waals surface area contributed by atoms with Crippen molar-refractivity contribution in [3.8, 4) is 5.75 Å². The van der Waals surface area contributed by atoms with E-state index in [4.69, 9.17) is 0 Å². The average molecular weight is 451 g/mol. The minimum Gasteiger partial charge on any atom is -0.402 e. The summed E-state index contributed by atoms with van der Waals surface area (Å²) in [6.45, 7) is 3.03. The Morgan fingerprint density at radius 2 is 1.52 bits per heavy atom. The van der Waals surface area contributed by atoms with Gasteiger partial charge in [-0.15, -0.1) is 13.2 Å². The van der Waals surface area contributed by atoms with Crippen LogP contribution < -0.4 is 4.74 Å². The van der Waals surface area contributed by atoms with E-state index in [1.165, 1.54) is 13.0 Å². The van der Waals surface area contributed by atoms with Crippen molar-refractivity contribution in [3.05, 3.63) is 29.1 Å². The molecule has 1 aromatic rings. The van der Waals surface area contributed by atoms with Crippen LogP contribution in [0.4, 0.5) is 26.3 Å². The highest BCUT2D eigenvalue weighted by atomic mass is 19.4. The molecule has 2 saturated carbocycles. The average Bonchev–Trinajstić information content (AvgIpc) is 2.65. The topological polar surface area (TPSA) is 9.23 Å². The molecule has 2 fully saturated rings. The first-order chi connectivity index (χ1) is 14.4. The molecule has 1 aromatic carbocycles. The van der Waals surface area contributed by atoms with Crippen LogP contribution in [0.5, 0.6) is 5.75 Å². The molecular weight excluding hydrogens is 418 g/mol. The van der Waals surface area contributed by atoms with Crippen molar-refractivity contribution in [1.82, 2.24) is 0 Å². The standard InChI is InChI=1S/C24H32F6O/c1-16-14-17(15-20(25)21(16)31-24(28,29)30)4-3-9-23(27)12-7-19(8-13-23)18-5-10-22(2,26)11-6-18/h14-15,18-19H,3-13H2,1-2H3. The molecule has 2 aliphatic carbocycles. The second kappa shape index (κ2) is 9.22. The van der Waals surface area contributed by atoms with Crippen molar-refractivity contribution < 1.29 is 31.1 Å². The van der Waals surface area contributed by atoms with E-state index in [0.29, 0.717) is 62.3 Å². The van der Waals surface area contributed by atoms with Gasteiger partial charge in [-0.05, 0) is 114 Å². The lowest BCUT2D eigenvalue weighted by Gasteiger charge is -2.41. The maximum Gasteiger partial charge on any atom is 0.573 e. The second-order valence-corrected chi connectivity index (χ2v) is 9.86. The molecule has 1 nitrogen and oxygen atoms in total. The number of ether oxygens (including phenoxy) is 1. The molecule has 2 aliphatic rings. The monoisotopic (exact) mass is 450 g/mol. The fourth-order valence-electron chi connectivity index (χ4n) is 5.39. The van der Waals surface area contributed by atoms with Gasteiger partial charge in [0.25, 0.3) is 0 Å². The van der Waals surface area contributed by atoms with Crippen molar-refractivity contribution in [2.24, 2.45) is 11.8 Å². The van der Waals surface area contributed by atoms with Gasteiger partial charge in [0.05, 0.1) is 0 Å². The summed E-state index contributed by atoms with van der Waals surface area (Å²) in [6.07, 6.45) is 1.90. The zero-order chi connectivity index (χ0) is 22.9. The first-order valence-electron chi connectivity index (χ1n) is 11.3. The van der Waals surface area contributed by atoms with E-state index in [1.807, 2.05) is 0 Å². The number of alkyl halides is 5. The maximum absolute atomic E-state index is 15.3. The molecular formula is C24H32F6O. The van der Waals surface area contributed by atoms with Crippen LogP contribution in [0.1, 0.15) is 82.3 Å². The molecule has 0 aliphatic heterocycles. The van der Waals surface area contributed by atoms with Crippen LogP contribution >= 0.6 is 0 Å². The van der Waals surface area contributed by atoms with E-state index in [9.17, 15) is 22.0 Å². The predicted octanol–water partition coefficient (Wildman–Crippen LogP) is 8.17. The van der Waals surface area contributed by atoms with Crippen LogP contribution in [0.25, 0.3) is 0 Å². The van der Waals surface area contributed by atoms with Gasteiger partial charge < -0.3 is 4.74 Å². The third-order valence-corrected chi connectivity index (χ3v) is 7.26. The largest absolute Gasteiger partial charge is 0.573 e. The van der Waals surface area contributed by atoms with E-state index in [-0.39, 0.29) is 5.56 Å². The number of benzene rings is 1. The Kier molecular flexibility index (Phi) is 7.21. The zero-order valence-electron chi connectivity index (χ0n) is 18.3. The summed E-state index contributed by atoms with van der Waals surface area (Å²) in [5.74, 6) is -0.901. The third-order valence-electron chi connectivity index (χ3n) is 7.26. The second-order valence-electron chi connectivity index (χ2n) is 9.86. The van der Waals surface area contributed by atoms with Gasteiger partial charge >= 0.3 is 6.36 Å². The van der Waals surface area contributed by atoms with E-state index < -0.39 is 29.3 Å². The molecule has 0 radical (unpaired) electrons. The SMILES string of the molecule is Cc1cc(CCCC2(F)CCC(C3CCC(C)(F)CC3)CC2)cc(F)c1OC(F)(F)F. The molecule has 7 heteroatoms. The molecule has 0 aromatic heterocycles. The third kappa shape index (κ3) is 6.79. The summed E-state index contributed by atoms with van der Waals surface area (Å²) in [5, 5.41) is 0. The predicted molar refractivity (Wildman–Crippen MR) is 108 cm³/mol. The van der Waals surface area contributed by atoms with Crippen molar-refractivity contribution >= 4 is 0 Å². The van der Waals surface area contributed by atoms with Crippen molar-refractivity contribution in [2.45, 2.75) is 102 Å². The first-order valence-corrected chi connectivity index (χ1v) is 11.3. The lowest BCUT2D eigenvalue weighted by molar-refractivity contribution is -0.275. The Hall–Kier alpha value is -1.40. The molecule has 0 spiro atoms. The Bertz CT molecular complexity index is 716. The molecule has 0 atom stereocenters. The number of rotatable bonds is 6. The fraction of sp³-hybridized carbons (Fsp3) is 0.750. The Morgan fingerprint density at radius 3 is 2.03 bits per heavy atom. The summed E-state index contributed by atoms with van der Waals surface area (Å²) in [5.41, 5.74) is -1.69. The molecule has 0 unspecified atom stereocenters. The van der Waals surface area contributed by atoms with E-state index in [2.05, 4.69) is 4.74 Å². The Balaban J connectivity index is 1.47. The van der Waals surface area contributed by atoms with Gasteiger partial charge in [-0.2, -0.15) is 0 Å². The van der Waals surface area contributed by atoms with Crippen LogP contribution in [-0.4, -0.2) is 17.7 Å². The lowest BCUT2D eigenvalue weighted by Crippen LogP contribution is -2.35. The van der Waals surface area contributed by atoms with E-state index >= 15 is 4.39 Å². The van der Waals surface area contributed by atoms with Crippen molar-refractivity contribution in [2.75, 3.05) is 0 Å². The van der Waals surface area contributed by atoms with Crippen LogP contribution in [0.3, 0.4) is 0 Å². The summed E-state index contributed by atoms with van der Waals surface area (Å²) in [7, 11) is 0. The highest BCUT2D eigenvalue weighted by Gasteiger charge is 2.40. The summed E-state index contributed by atoms with van der Waals surface area (Å²) >= 11 is 0. The number of halogens is 6. The molecule has 0 saturated heterocycles. The van der Waals surface area contributed by atoms with Gasteiger partial charge in [-0.25, -0.2) is 13.2 Å². The molecule has 3 rings (SSSR count). The molecule has 0 bridgehead atoms. The normalized spacial score (nSPS) is 32.1. The van der Waals surface area contributed by atoms with Crippen LogP contribution in [0.2, 0.25) is 0 Å². The molecule has 0 N–H and O–H groups in total. The van der Waals surface area contributed by atoms with Gasteiger partial charge in [-0.3, -0.25) is 0 Å². The van der Waals surface area contributed by atoms with E-state index in [1.54, 1.807) is 6.92 Å². The summed E-state index contributed by atoms with van der Waals surface area (Å²) < 4.78 is 84.2. The van der Waals surface area contributed by atoms with E-state index in [0.717, 1.165) is 31.7 Å². The molecule has 31 heavy (non-hydrogen) atoms. The highest BCUT2D eigenvalue weighted by molar-refractivity contribution is 5.38. The van der Waals surface area contributed by atoms with Crippen LogP contribution in [0.15, 0.2) is 12.1 Å². The minimum absolute atomic E-state index is 0.0691. The quantitative estimate of drug-likeness (QED) is 0.397. The molecule has 0 amide bonds. The van der Waals surface area contributed by atoms with Crippen molar-refractivity contribution in [3.63, 3.8) is 0 Å². The Morgan fingerprint density at radius 1 is 0.968 bits per heavy atom. The zero-order valence-corrected chi connectivity index (χ0v) is 18.3. The van der Waals surface area contributed by atoms with Gasteiger partial charge in [0, 0.05) is 0 Å². The van der Waals surface area contributed by atoms with Crippen LogP contribution in [0, 0.1) is 24.6 Å². The van der Waals surface area contributed by atoms with Gasteiger partial charge in [0.2, 0.25) is 0 Å². The first kappa shape index (κ1) is 24.2. The van der Waals surface area contributed by atoms with Crippen LogP contribution in [-0.2, 0) is 6.42 Å². The smallest absolute Gasteiger partial charge is 0.402 e. The number of aryl methyl sites for hydroxylation is 2. The fourth-order valence-corrected chi connectivity index (χ4v) is 5.39. The summed E-state index contributed by atoms with van der Waals surface area (Å²) in [4.78, 5) is 0. The Labute approximate surface area is 180 Å². The van der Waals surface area contributed by atoms with Gasteiger partial charge in [-0.1, -0.05) is 6.07 Å². The lowest BCUT2D eigenvalue weighted by atomic mass is 9.67. The maximum atomic E-state index is 15.3. The number of hydrogen-bond donors (Lipinski definition) is 0.